The smallest absolute Gasteiger partial charge is 0.251 e. The van der Waals surface area contributed by atoms with E-state index in [1.54, 1.807) is 24.3 Å². The first-order valence-corrected chi connectivity index (χ1v) is 8.29. The summed E-state index contributed by atoms with van der Waals surface area (Å²) < 4.78 is 26.3. The van der Waals surface area contributed by atoms with E-state index in [0.29, 0.717) is 5.56 Å². The van der Waals surface area contributed by atoms with Crippen LogP contribution in [0.4, 0.5) is 0 Å². The highest BCUT2D eigenvalue weighted by atomic mass is 35.5. The van der Waals surface area contributed by atoms with Crippen LogP contribution in [-0.4, -0.2) is 32.4 Å². The van der Waals surface area contributed by atoms with Crippen molar-refractivity contribution in [1.82, 2.24) is 15.0 Å². The van der Waals surface area contributed by atoms with Crippen molar-refractivity contribution in [3.63, 3.8) is 0 Å². The minimum Gasteiger partial charge on any atom is -0.351 e. The second-order valence-electron chi connectivity index (χ2n) is 4.34. The number of hydrogen-bond donors (Lipinski definition) is 2. The maximum Gasteiger partial charge on any atom is 0.251 e. The van der Waals surface area contributed by atoms with E-state index in [1.807, 2.05) is 6.07 Å². The number of hydrogen-bond acceptors (Lipinski definition) is 4. The molecule has 2 rings (SSSR count). The maximum absolute atomic E-state index is 12.0. The Hall–Kier alpha value is -1.96. The van der Waals surface area contributed by atoms with Crippen molar-refractivity contribution >= 4 is 27.5 Å². The van der Waals surface area contributed by atoms with Crippen molar-refractivity contribution < 1.29 is 13.2 Å². The Morgan fingerprint density at radius 1 is 1.09 bits per heavy atom. The summed E-state index contributed by atoms with van der Waals surface area (Å²) in [6.45, 7) is 0.248. The molecule has 1 amide bonds. The van der Waals surface area contributed by atoms with Crippen LogP contribution in [0.2, 0.25) is 5.15 Å². The van der Waals surface area contributed by atoms with Crippen LogP contribution in [0, 0.1) is 0 Å². The van der Waals surface area contributed by atoms with Crippen molar-refractivity contribution in [3.05, 3.63) is 59.4 Å². The number of sulfonamides is 1. The summed E-state index contributed by atoms with van der Waals surface area (Å²) in [5, 5.41) is 2.85. The van der Waals surface area contributed by atoms with Gasteiger partial charge in [-0.3, -0.25) is 4.79 Å². The van der Waals surface area contributed by atoms with Crippen LogP contribution in [0.5, 0.6) is 0 Å². The maximum atomic E-state index is 12.0. The first-order valence-electron chi connectivity index (χ1n) is 6.43. The highest BCUT2D eigenvalue weighted by molar-refractivity contribution is 7.89. The number of carbonyl (C=O) groups is 1. The molecule has 0 aliphatic heterocycles. The van der Waals surface area contributed by atoms with Crippen LogP contribution >= 0.6 is 11.6 Å². The van der Waals surface area contributed by atoms with Gasteiger partial charge in [0.15, 0.2) is 0 Å². The number of pyridine rings is 1. The van der Waals surface area contributed by atoms with Crippen molar-refractivity contribution in [1.29, 1.82) is 0 Å². The summed E-state index contributed by atoms with van der Waals surface area (Å²) in [6.07, 6.45) is 1.17. The summed E-state index contributed by atoms with van der Waals surface area (Å²) in [5.74, 6) is -0.257. The molecular weight excluding hydrogens is 326 g/mol. The van der Waals surface area contributed by atoms with E-state index in [4.69, 9.17) is 11.6 Å². The molecule has 1 heterocycles. The SMILES string of the molecule is O=C(NCCNS(=O)(=O)c1ccc(Cl)nc1)c1ccccc1. The fraction of sp³-hybridized carbons (Fsp3) is 0.143. The van der Waals surface area contributed by atoms with Gasteiger partial charge < -0.3 is 5.32 Å². The number of aromatic nitrogens is 1. The van der Waals surface area contributed by atoms with E-state index in [1.165, 1.54) is 18.3 Å². The lowest BCUT2D eigenvalue weighted by atomic mass is 10.2. The summed E-state index contributed by atoms with van der Waals surface area (Å²) in [4.78, 5) is 15.5. The second kappa shape index (κ2) is 7.35. The van der Waals surface area contributed by atoms with Gasteiger partial charge in [-0.2, -0.15) is 0 Å². The standard InChI is InChI=1S/C14H14ClN3O3S/c15-13-7-6-12(10-17-13)22(20,21)18-9-8-16-14(19)11-4-2-1-3-5-11/h1-7,10,18H,8-9H2,(H,16,19). The number of nitrogens with zero attached hydrogens (tertiary/aromatic N) is 1. The van der Waals surface area contributed by atoms with Gasteiger partial charge in [0, 0.05) is 24.8 Å². The second-order valence-corrected chi connectivity index (χ2v) is 6.49. The van der Waals surface area contributed by atoms with Crippen molar-refractivity contribution in [2.75, 3.05) is 13.1 Å². The Morgan fingerprint density at radius 3 is 2.45 bits per heavy atom. The lowest BCUT2D eigenvalue weighted by Crippen LogP contribution is -2.34. The van der Waals surface area contributed by atoms with Crippen molar-refractivity contribution in [3.8, 4) is 0 Å². The van der Waals surface area contributed by atoms with Gasteiger partial charge in [0.05, 0.1) is 0 Å². The predicted molar refractivity (Wildman–Crippen MR) is 83.2 cm³/mol. The third kappa shape index (κ3) is 4.52. The molecular formula is C14H14ClN3O3S. The van der Waals surface area contributed by atoms with E-state index in [2.05, 4.69) is 15.0 Å². The minimum absolute atomic E-state index is 0.0197. The normalized spacial score (nSPS) is 11.1. The first kappa shape index (κ1) is 16.4. The third-order valence-electron chi connectivity index (χ3n) is 2.75. The molecule has 0 aliphatic rings. The van der Waals surface area contributed by atoms with Crippen LogP contribution in [-0.2, 0) is 10.0 Å². The number of halogens is 1. The molecule has 116 valence electrons. The molecule has 8 heteroatoms. The average molecular weight is 340 g/mol. The van der Waals surface area contributed by atoms with Gasteiger partial charge >= 0.3 is 0 Å². The first-order chi connectivity index (χ1) is 10.5. The Labute approximate surface area is 133 Å². The molecule has 2 N–H and O–H groups in total. The Morgan fingerprint density at radius 2 is 1.82 bits per heavy atom. The van der Waals surface area contributed by atoms with Gasteiger partial charge in [0.1, 0.15) is 10.0 Å². The lowest BCUT2D eigenvalue weighted by Gasteiger charge is -2.08. The molecule has 0 aliphatic carbocycles. The van der Waals surface area contributed by atoms with Crippen molar-refractivity contribution in [2.45, 2.75) is 4.90 Å². The molecule has 0 fully saturated rings. The molecule has 0 unspecified atom stereocenters. The molecule has 0 saturated carbocycles. The fourth-order valence-electron chi connectivity index (χ4n) is 1.66. The van der Waals surface area contributed by atoms with Crippen LogP contribution < -0.4 is 10.0 Å². The monoisotopic (exact) mass is 339 g/mol. The largest absolute Gasteiger partial charge is 0.351 e. The molecule has 0 atom stereocenters. The third-order valence-corrected chi connectivity index (χ3v) is 4.42. The van der Waals surface area contributed by atoms with Gasteiger partial charge in [-0.1, -0.05) is 29.8 Å². The number of benzene rings is 1. The molecule has 0 bridgehead atoms. The zero-order valence-electron chi connectivity index (χ0n) is 11.5. The van der Waals surface area contributed by atoms with Gasteiger partial charge in [0.25, 0.3) is 5.91 Å². The molecule has 2 aromatic rings. The Balaban J connectivity index is 1.83. The van der Waals surface area contributed by atoms with E-state index in [9.17, 15) is 13.2 Å². The molecule has 0 spiro atoms. The number of amides is 1. The number of rotatable bonds is 6. The van der Waals surface area contributed by atoms with Crippen LogP contribution in [0.1, 0.15) is 10.4 Å². The van der Waals surface area contributed by atoms with Gasteiger partial charge in [-0.15, -0.1) is 0 Å². The van der Waals surface area contributed by atoms with Gasteiger partial charge in [0.2, 0.25) is 10.0 Å². The Kier molecular flexibility index (Phi) is 5.48. The molecule has 1 aromatic carbocycles. The quantitative estimate of drug-likeness (QED) is 0.615. The van der Waals surface area contributed by atoms with Gasteiger partial charge in [-0.25, -0.2) is 18.1 Å². The zero-order valence-corrected chi connectivity index (χ0v) is 13.1. The van der Waals surface area contributed by atoms with E-state index in [-0.39, 0.29) is 29.0 Å². The van der Waals surface area contributed by atoms with Crippen molar-refractivity contribution in [2.24, 2.45) is 0 Å². The summed E-state index contributed by atoms with van der Waals surface area (Å²) in [6, 6.07) is 11.4. The van der Waals surface area contributed by atoms with E-state index < -0.39 is 10.0 Å². The van der Waals surface area contributed by atoms with E-state index >= 15 is 0 Å². The lowest BCUT2D eigenvalue weighted by molar-refractivity contribution is 0.0954. The topological polar surface area (TPSA) is 88.2 Å². The predicted octanol–water partition coefficient (Wildman–Crippen LogP) is 1.44. The molecule has 1 aromatic heterocycles. The Bertz CT molecular complexity index is 734. The molecule has 22 heavy (non-hydrogen) atoms. The number of nitrogens with one attached hydrogen (secondary N) is 2. The number of carbonyl (C=O) groups excluding carboxylic acids is 1. The molecule has 0 radical (unpaired) electrons. The van der Waals surface area contributed by atoms with Crippen LogP contribution in [0.25, 0.3) is 0 Å². The summed E-state index contributed by atoms with van der Waals surface area (Å²) >= 11 is 5.61. The highest BCUT2D eigenvalue weighted by Gasteiger charge is 2.13. The van der Waals surface area contributed by atoms with E-state index in [0.717, 1.165) is 0 Å². The van der Waals surface area contributed by atoms with Crippen LogP contribution in [0.3, 0.4) is 0 Å². The molecule has 0 saturated heterocycles. The van der Waals surface area contributed by atoms with Gasteiger partial charge in [-0.05, 0) is 24.3 Å². The molecule has 6 nitrogen and oxygen atoms in total. The summed E-state index contributed by atoms with van der Waals surface area (Å²) in [7, 11) is -3.66. The highest BCUT2D eigenvalue weighted by Crippen LogP contribution is 2.10. The average Bonchev–Trinajstić information content (AvgIpc) is 2.52. The van der Waals surface area contributed by atoms with Crippen LogP contribution in [0.15, 0.2) is 53.6 Å². The zero-order chi connectivity index (χ0) is 16.0. The minimum atomic E-state index is -3.66. The fourth-order valence-corrected chi connectivity index (χ4v) is 2.75. The summed E-state index contributed by atoms with van der Waals surface area (Å²) in [5.41, 5.74) is 0.521.